The van der Waals surface area contributed by atoms with Crippen molar-refractivity contribution < 1.29 is 30.6 Å². The number of amides is 1. The number of benzene rings is 3. The molecular formula is C25H24F3NO4S. The highest BCUT2D eigenvalue weighted by Gasteiger charge is 2.32. The summed E-state index contributed by atoms with van der Waals surface area (Å²) in [5, 5.41) is 0. The highest BCUT2D eigenvalue weighted by molar-refractivity contribution is 7.87. The van der Waals surface area contributed by atoms with E-state index in [0.29, 0.717) is 17.2 Å². The molecule has 0 spiro atoms. The lowest BCUT2D eigenvalue weighted by Crippen LogP contribution is -2.36. The minimum absolute atomic E-state index is 0.0676. The number of hydrogen-bond acceptors (Lipinski definition) is 4. The van der Waals surface area contributed by atoms with Crippen LogP contribution in [0.3, 0.4) is 0 Å². The van der Waals surface area contributed by atoms with Crippen molar-refractivity contribution in [3.05, 3.63) is 95.1 Å². The first-order chi connectivity index (χ1) is 15.9. The van der Waals surface area contributed by atoms with Gasteiger partial charge in [0.15, 0.2) is 0 Å². The maximum Gasteiger partial charge on any atom is 0.416 e. The van der Waals surface area contributed by atoms with Crippen LogP contribution in [0, 0.1) is 6.92 Å². The first-order valence-electron chi connectivity index (χ1n) is 10.5. The summed E-state index contributed by atoms with van der Waals surface area (Å²) in [6, 6.07) is 16.5. The van der Waals surface area contributed by atoms with Gasteiger partial charge in [-0.05, 0) is 68.3 Å². The Kier molecular flexibility index (Phi) is 7.35. The predicted octanol–water partition coefficient (Wildman–Crippen LogP) is 5.83. The van der Waals surface area contributed by atoms with Gasteiger partial charge in [-0.15, -0.1) is 0 Å². The van der Waals surface area contributed by atoms with Gasteiger partial charge < -0.3 is 9.08 Å². The van der Waals surface area contributed by atoms with Crippen molar-refractivity contribution in [1.29, 1.82) is 0 Å². The van der Waals surface area contributed by atoms with E-state index in [1.54, 1.807) is 29.2 Å². The molecule has 1 amide bonds. The van der Waals surface area contributed by atoms with Gasteiger partial charge in [0.25, 0.3) is 5.91 Å². The van der Waals surface area contributed by atoms with Gasteiger partial charge in [0.2, 0.25) is 0 Å². The summed E-state index contributed by atoms with van der Waals surface area (Å²) in [5.74, 6) is -0.238. The van der Waals surface area contributed by atoms with Crippen LogP contribution in [0.25, 0.3) is 0 Å². The van der Waals surface area contributed by atoms with E-state index in [2.05, 4.69) is 0 Å². The zero-order valence-corrected chi connectivity index (χ0v) is 19.7. The van der Waals surface area contributed by atoms with Crippen LogP contribution in [0.5, 0.6) is 5.75 Å². The third kappa shape index (κ3) is 5.96. The summed E-state index contributed by atoms with van der Waals surface area (Å²) in [7, 11) is -4.50. The number of nitrogens with zero attached hydrogens (tertiary/aromatic N) is 1. The zero-order valence-electron chi connectivity index (χ0n) is 18.8. The van der Waals surface area contributed by atoms with Crippen molar-refractivity contribution in [2.45, 2.75) is 44.4 Å². The van der Waals surface area contributed by atoms with E-state index in [-0.39, 0.29) is 24.2 Å². The van der Waals surface area contributed by atoms with E-state index in [4.69, 9.17) is 4.18 Å². The molecular weight excluding hydrogens is 467 g/mol. The molecule has 0 saturated carbocycles. The normalized spacial score (nSPS) is 12.0. The van der Waals surface area contributed by atoms with Crippen molar-refractivity contribution in [3.63, 3.8) is 0 Å². The molecule has 0 aliphatic rings. The summed E-state index contributed by atoms with van der Waals surface area (Å²) in [4.78, 5) is 14.2. The molecule has 5 nitrogen and oxygen atoms in total. The Bertz CT molecular complexity index is 1290. The number of hydrogen-bond donors (Lipinski definition) is 0. The van der Waals surface area contributed by atoms with Crippen molar-refractivity contribution in [2.24, 2.45) is 0 Å². The molecule has 0 aliphatic heterocycles. The molecule has 0 atom stereocenters. The third-order valence-corrected chi connectivity index (χ3v) is 6.41. The Morgan fingerprint density at radius 1 is 0.971 bits per heavy atom. The summed E-state index contributed by atoms with van der Waals surface area (Å²) in [6.07, 6.45) is -4.69. The van der Waals surface area contributed by atoms with Crippen LogP contribution in [-0.4, -0.2) is 25.3 Å². The van der Waals surface area contributed by atoms with Crippen LogP contribution >= 0.6 is 0 Å². The molecule has 0 heterocycles. The number of alkyl halides is 3. The van der Waals surface area contributed by atoms with E-state index in [0.717, 1.165) is 23.8 Å². The number of carbonyl (C=O) groups excluding carboxylic acids is 1. The molecule has 0 aromatic heterocycles. The Morgan fingerprint density at radius 2 is 1.65 bits per heavy atom. The average Bonchev–Trinajstić information content (AvgIpc) is 2.77. The fraction of sp³-hybridized carbons (Fsp3) is 0.240. The number of carbonyl (C=O) groups is 1. The van der Waals surface area contributed by atoms with Crippen LogP contribution in [0.15, 0.2) is 77.7 Å². The minimum atomic E-state index is -4.69. The van der Waals surface area contributed by atoms with Crippen LogP contribution in [-0.2, 0) is 22.8 Å². The van der Waals surface area contributed by atoms with Gasteiger partial charge in [0.1, 0.15) is 10.6 Å². The summed E-state index contributed by atoms with van der Waals surface area (Å²) in [6.45, 7) is 5.77. The van der Waals surface area contributed by atoms with Gasteiger partial charge in [0, 0.05) is 18.2 Å². The highest BCUT2D eigenvalue weighted by atomic mass is 32.2. The molecule has 0 fully saturated rings. The van der Waals surface area contributed by atoms with Gasteiger partial charge in [-0.3, -0.25) is 4.79 Å². The van der Waals surface area contributed by atoms with Gasteiger partial charge in [0.05, 0.1) is 5.56 Å². The van der Waals surface area contributed by atoms with Crippen molar-refractivity contribution >= 4 is 16.0 Å². The van der Waals surface area contributed by atoms with Gasteiger partial charge in [-0.2, -0.15) is 21.6 Å². The lowest BCUT2D eigenvalue weighted by atomic mass is 10.1. The van der Waals surface area contributed by atoms with Crippen LogP contribution in [0.4, 0.5) is 13.2 Å². The van der Waals surface area contributed by atoms with E-state index < -0.39 is 26.8 Å². The first kappa shape index (κ1) is 25.3. The Morgan fingerprint density at radius 3 is 2.29 bits per heavy atom. The number of rotatable bonds is 7. The van der Waals surface area contributed by atoms with Crippen LogP contribution < -0.4 is 4.18 Å². The van der Waals surface area contributed by atoms with Crippen molar-refractivity contribution in [3.8, 4) is 5.75 Å². The molecule has 0 aliphatic carbocycles. The largest absolute Gasteiger partial charge is 0.416 e. The summed E-state index contributed by atoms with van der Waals surface area (Å²) >= 11 is 0. The number of halogens is 3. The molecule has 0 unspecified atom stereocenters. The predicted molar refractivity (Wildman–Crippen MR) is 122 cm³/mol. The minimum Gasteiger partial charge on any atom is -0.379 e. The molecule has 3 rings (SSSR count). The topological polar surface area (TPSA) is 63.7 Å². The maximum absolute atomic E-state index is 13.1. The lowest BCUT2D eigenvalue weighted by Gasteiger charge is -2.27. The SMILES string of the molecule is Cc1ccccc1C(=O)N(Cc1cccc(OS(=O)(=O)c2cccc(C(F)(F)F)c2)c1)C(C)C. The Balaban J connectivity index is 1.84. The van der Waals surface area contributed by atoms with Crippen LogP contribution in [0.2, 0.25) is 0 Å². The Hall–Kier alpha value is -3.33. The average molecular weight is 492 g/mol. The van der Waals surface area contributed by atoms with E-state index >= 15 is 0 Å². The molecule has 0 saturated heterocycles. The van der Waals surface area contributed by atoms with Gasteiger partial charge in [-0.1, -0.05) is 36.4 Å². The molecule has 0 radical (unpaired) electrons. The number of aryl methyl sites for hydroxylation is 1. The van der Waals surface area contributed by atoms with Crippen LogP contribution in [0.1, 0.15) is 40.9 Å². The third-order valence-electron chi connectivity index (χ3n) is 5.17. The molecule has 0 N–H and O–H groups in total. The summed E-state index contributed by atoms with van der Waals surface area (Å²) in [5.41, 5.74) is 0.915. The molecule has 3 aromatic carbocycles. The van der Waals surface area contributed by atoms with E-state index in [1.807, 2.05) is 32.9 Å². The highest BCUT2D eigenvalue weighted by Crippen LogP contribution is 2.31. The van der Waals surface area contributed by atoms with Gasteiger partial charge in [-0.25, -0.2) is 0 Å². The Labute approximate surface area is 196 Å². The maximum atomic E-state index is 13.1. The molecule has 3 aromatic rings. The molecule has 180 valence electrons. The molecule has 0 bridgehead atoms. The smallest absolute Gasteiger partial charge is 0.379 e. The molecule has 9 heteroatoms. The monoisotopic (exact) mass is 491 g/mol. The molecule has 34 heavy (non-hydrogen) atoms. The second-order valence-electron chi connectivity index (χ2n) is 8.05. The second kappa shape index (κ2) is 9.89. The van der Waals surface area contributed by atoms with E-state index in [1.165, 1.54) is 12.1 Å². The first-order valence-corrected chi connectivity index (χ1v) is 11.9. The summed E-state index contributed by atoms with van der Waals surface area (Å²) < 4.78 is 69.2. The van der Waals surface area contributed by atoms with E-state index in [9.17, 15) is 26.4 Å². The van der Waals surface area contributed by atoms with Crippen molar-refractivity contribution in [2.75, 3.05) is 0 Å². The lowest BCUT2D eigenvalue weighted by molar-refractivity contribution is -0.137. The fourth-order valence-corrected chi connectivity index (χ4v) is 4.32. The van der Waals surface area contributed by atoms with Crippen molar-refractivity contribution in [1.82, 2.24) is 4.90 Å². The standard InChI is InChI=1S/C25H24F3NO4S/c1-17(2)29(24(30)23-13-5-4-8-18(23)3)16-19-9-6-11-21(14-19)33-34(31,32)22-12-7-10-20(15-22)25(26,27)28/h4-15,17H,16H2,1-3H3. The second-order valence-corrected chi connectivity index (χ2v) is 9.60. The fourth-order valence-electron chi connectivity index (χ4n) is 3.35. The quantitative estimate of drug-likeness (QED) is 0.390. The van der Waals surface area contributed by atoms with Gasteiger partial charge >= 0.3 is 16.3 Å². The zero-order chi connectivity index (χ0) is 25.1.